The van der Waals surface area contributed by atoms with Gasteiger partial charge in [-0.15, -0.1) is 0 Å². The van der Waals surface area contributed by atoms with E-state index in [9.17, 15) is 43.2 Å². The smallest absolute Gasteiger partial charge is 0.316 e. The minimum absolute atomic E-state index is 0.258. The molecule has 63 heavy (non-hydrogen) atoms. The largest absolute Gasteiger partial charge is 0.462 e. The fourth-order valence-corrected chi connectivity index (χ4v) is 6.84. The zero-order chi connectivity index (χ0) is 47.3. The second-order valence-electron chi connectivity index (χ2n) is 13.9. The monoisotopic (exact) mass is 976 g/mol. The van der Waals surface area contributed by atoms with Gasteiger partial charge in [0.05, 0.1) is 13.2 Å². The maximum Gasteiger partial charge on any atom is 0.316 e. The molecule has 0 amide bonds. The number of rotatable bonds is 18. The van der Waals surface area contributed by atoms with Crippen LogP contribution in [0.2, 0.25) is 0 Å². The van der Waals surface area contributed by atoms with E-state index in [2.05, 4.69) is 15.9 Å². The molecule has 0 saturated carbocycles. The van der Waals surface area contributed by atoms with Crippen molar-refractivity contribution < 1.29 is 119 Å². The molecule has 0 aromatic carbocycles. The molecule has 26 heteroatoms. The molecule has 15 atom stereocenters. The number of esters is 9. The molecular weight excluding hydrogens is 927 g/mol. The van der Waals surface area contributed by atoms with Gasteiger partial charge in [-0.25, -0.2) is 4.39 Å². The van der Waals surface area contributed by atoms with Gasteiger partial charge in [0.1, 0.15) is 30.2 Å². The summed E-state index contributed by atoms with van der Waals surface area (Å²) < 4.78 is 99.2. The molecule has 3 fully saturated rings. The summed E-state index contributed by atoms with van der Waals surface area (Å²) in [4.78, 5) is 111. The van der Waals surface area contributed by atoms with Gasteiger partial charge in [0.2, 0.25) is 0 Å². The second kappa shape index (κ2) is 24.5. The summed E-state index contributed by atoms with van der Waals surface area (Å²) in [6.45, 7) is 5.77. The van der Waals surface area contributed by atoms with Gasteiger partial charge in [0.15, 0.2) is 73.9 Å². The highest BCUT2D eigenvalue weighted by Crippen LogP contribution is 2.35. The van der Waals surface area contributed by atoms with E-state index in [-0.39, 0.29) is 5.33 Å². The summed E-state index contributed by atoms with van der Waals surface area (Å²) in [5.41, 5.74) is 0. The van der Waals surface area contributed by atoms with Crippen molar-refractivity contribution in [3.8, 4) is 0 Å². The molecule has 3 rings (SSSR count). The molecule has 0 aliphatic carbocycles. The van der Waals surface area contributed by atoms with Crippen LogP contribution < -0.4 is 0 Å². The first kappa shape index (κ1) is 52.7. The highest BCUT2D eigenvalue weighted by Gasteiger charge is 2.57. The molecule has 3 heterocycles. The molecule has 0 spiro atoms. The lowest BCUT2D eigenvalue weighted by Crippen LogP contribution is -2.65. The van der Waals surface area contributed by atoms with Crippen LogP contribution in [-0.4, -0.2) is 178 Å². The Bertz CT molecular complexity index is 1660. The number of methoxy groups -OCH3 is 1. The van der Waals surface area contributed by atoms with E-state index in [1.165, 1.54) is 0 Å². The van der Waals surface area contributed by atoms with Crippen molar-refractivity contribution >= 4 is 69.7 Å². The number of ether oxygens (including phenoxy) is 15. The van der Waals surface area contributed by atoms with Crippen LogP contribution in [0.15, 0.2) is 0 Å². The van der Waals surface area contributed by atoms with E-state index >= 15 is 4.39 Å². The van der Waals surface area contributed by atoms with Gasteiger partial charge in [-0.1, -0.05) is 15.9 Å². The van der Waals surface area contributed by atoms with E-state index in [0.717, 1.165) is 62.5 Å². The highest BCUT2D eigenvalue weighted by molar-refractivity contribution is 9.09. The fourth-order valence-electron chi connectivity index (χ4n) is 6.68. The molecule has 0 aromatic rings. The molecule has 0 bridgehead atoms. The Hall–Kier alpha value is -4.60. The minimum Gasteiger partial charge on any atom is -0.462 e. The molecule has 15 unspecified atom stereocenters. The minimum atomic E-state index is -2.24. The van der Waals surface area contributed by atoms with Crippen LogP contribution in [0.1, 0.15) is 55.4 Å². The maximum atomic E-state index is 16.0. The van der Waals surface area contributed by atoms with Gasteiger partial charge < -0.3 is 71.1 Å². The molecule has 0 N–H and O–H groups in total. The Balaban J connectivity index is 2.09. The van der Waals surface area contributed by atoms with Crippen LogP contribution in [0, 0.1) is 0 Å². The third-order valence-electron chi connectivity index (χ3n) is 8.77. The van der Waals surface area contributed by atoms with E-state index in [0.29, 0.717) is 0 Å². The van der Waals surface area contributed by atoms with Crippen LogP contribution in [-0.2, 0) is 114 Å². The molecule has 3 saturated heterocycles. The van der Waals surface area contributed by atoms with Crippen LogP contribution in [0.5, 0.6) is 0 Å². The Morgan fingerprint density at radius 1 is 0.429 bits per heavy atom. The van der Waals surface area contributed by atoms with Crippen LogP contribution in [0.4, 0.5) is 4.39 Å². The normalized spacial score (nSPS) is 32.7. The van der Waals surface area contributed by atoms with E-state index in [1.807, 2.05) is 0 Å². The summed E-state index contributed by atoms with van der Waals surface area (Å²) in [6, 6.07) is 0. The summed E-state index contributed by atoms with van der Waals surface area (Å²) in [5, 5.41) is -0.258. The Morgan fingerprint density at radius 3 is 1.10 bits per heavy atom. The van der Waals surface area contributed by atoms with E-state index in [1.54, 1.807) is 0 Å². The van der Waals surface area contributed by atoms with E-state index in [4.69, 9.17) is 71.1 Å². The lowest BCUT2D eigenvalue weighted by Gasteiger charge is -2.46. The maximum absolute atomic E-state index is 16.0. The first-order valence-corrected chi connectivity index (χ1v) is 20.1. The SMILES string of the molecule is COC1OC(COC2OC(COC3OC(COC(=O)CBr)C(OC(C)=O)C(OC(C)=O)C3OC(C)=O)C(OC(C)=O)C(OC(C)=O)C2OC(C)=O)C(OC(C)=O)C(F)C1OC(C)=O. The topological polar surface area (TPSA) is 292 Å². The molecule has 356 valence electrons. The van der Waals surface area contributed by atoms with Gasteiger partial charge in [0, 0.05) is 62.5 Å². The van der Waals surface area contributed by atoms with Crippen molar-refractivity contribution in [3.05, 3.63) is 0 Å². The summed E-state index contributed by atoms with van der Waals surface area (Å²) in [7, 11) is 1.12. The molecule has 3 aliphatic heterocycles. The van der Waals surface area contributed by atoms with Crippen molar-refractivity contribution in [1.82, 2.24) is 0 Å². The zero-order valence-electron chi connectivity index (χ0n) is 35.5. The average molecular weight is 978 g/mol. The zero-order valence-corrected chi connectivity index (χ0v) is 37.1. The predicted molar refractivity (Wildman–Crippen MR) is 199 cm³/mol. The number of alkyl halides is 2. The third-order valence-corrected chi connectivity index (χ3v) is 9.23. The van der Waals surface area contributed by atoms with Crippen LogP contribution in [0.25, 0.3) is 0 Å². The molecular formula is C37H50BrFO24. The lowest BCUT2D eigenvalue weighted by atomic mass is 9.97. The summed E-state index contributed by atoms with van der Waals surface area (Å²) >= 11 is 2.95. The predicted octanol–water partition coefficient (Wildman–Crippen LogP) is -0.429. The molecule has 0 radical (unpaired) electrons. The lowest BCUT2D eigenvalue weighted by molar-refractivity contribution is -0.342. The van der Waals surface area contributed by atoms with Crippen molar-refractivity contribution in [3.63, 3.8) is 0 Å². The number of carbonyl (C=O) groups excluding carboxylic acids is 9. The summed E-state index contributed by atoms with van der Waals surface area (Å²) in [5.74, 6) is -8.37. The Labute approximate surface area is 367 Å². The Morgan fingerprint density at radius 2 is 0.730 bits per heavy atom. The van der Waals surface area contributed by atoms with Gasteiger partial charge in [-0.05, 0) is 0 Å². The average Bonchev–Trinajstić information content (AvgIpc) is 3.17. The van der Waals surface area contributed by atoms with Crippen molar-refractivity contribution in [2.24, 2.45) is 0 Å². The number of halogens is 2. The van der Waals surface area contributed by atoms with Crippen molar-refractivity contribution in [2.45, 2.75) is 148 Å². The fraction of sp³-hybridized carbons (Fsp3) is 0.757. The first-order chi connectivity index (χ1) is 29.6. The second-order valence-corrected chi connectivity index (χ2v) is 14.4. The first-order valence-electron chi connectivity index (χ1n) is 19.0. The summed E-state index contributed by atoms with van der Waals surface area (Å²) in [6.07, 6.45) is -25.7. The number of carbonyl (C=O) groups is 9. The number of hydrogen-bond acceptors (Lipinski definition) is 24. The molecule has 0 aromatic heterocycles. The quantitative estimate of drug-likeness (QED) is 0.0956. The molecule has 3 aliphatic rings. The van der Waals surface area contributed by atoms with Gasteiger partial charge >= 0.3 is 53.7 Å². The van der Waals surface area contributed by atoms with Crippen LogP contribution in [0.3, 0.4) is 0 Å². The van der Waals surface area contributed by atoms with E-state index < -0.39 is 166 Å². The number of hydrogen-bond donors (Lipinski definition) is 0. The molecule has 24 nitrogen and oxygen atoms in total. The standard InChI is InChI=1S/C37H50BrFO24/c1-14(40)53-27-22(61-35(49-9)30(26(27)39)56-17(4)43)12-51-36-34(60-21(8)47)32(58-19(6)45)29(55-16(3)42)24(63-36)13-52-37-33(59-20(7)46)31(57-18(5)44)28(54-15(2)41)23(62-37)11-50-25(48)10-38/h22-24,26-37H,10-13H2,1-9H3. The van der Waals surface area contributed by atoms with Gasteiger partial charge in [-0.2, -0.15) is 0 Å². The highest BCUT2D eigenvalue weighted by atomic mass is 79.9. The van der Waals surface area contributed by atoms with Crippen LogP contribution >= 0.6 is 15.9 Å². The van der Waals surface area contributed by atoms with Crippen molar-refractivity contribution in [2.75, 3.05) is 32.3 Å². The third kappa shape index (κ3) is 15.6. The van der Waals surface area contributed by atoms with Gasteiger partial charge in [-0.3, -0.25) is 43.2 Å². The van der Waals surface area contributed by atoms with Gasteiger partial charge in [0.25, 0.3) is 0 Å². The van der Waals surface area contributed by atoms with Crippen molar-refractivity contribution in [1.29, 1.82) is 0 Å². The Kier molecular flexibility index (Phi) is 20.5.